The molecule has 2 N–H and O–H groups in total. The first kappa shape index (κ1) is 11.9. The molecule has 0 saturated heterocycles. The van der Waals surface area contributed by atoms with E-state index in [4.69, 9.17) is 9.79 Å². The Kier molecular flexibility index (Phi) is 4.15. The molecule has 0 radical (unpaired) electrons. The van der Waals surface area contributed by atoms with E-state index in [1.807, 2.05) is 0 Å². The molecular weight excluding hydrogens is 198 g/mol. The van der Waals surface area contributed by atoms with E-state index in [-0.39, 0.29) is 12.3 Å². The summed E-state index contributed by atoms with van der Waals surface area (Å²) in [7, 11) is -6.80. The Morgan fingerprint density at radius 2 is 1.25 bits per heavy atom. The summed E-state index contributed by atoms with van der Waals surface area (Å²) in [6.45, 7) is 6.30. The smallest absolute Gasteiger partial charge is 0.222 e. The molecule has 0 aromatic heterocycles. The van der Waals surface area contributed by atoms with Crippen molar-refractivity contribution in [1.29, 1.82) is 0 Å². The Morgan fingerprint density at radius 3 is 1.42 bits per heavy atom. The van der Waals surface area contributed by atoms with Gasteiger partial charge in [0.25, 0.3) is 0 Å². The maximum atomic E-state index is 10.9. The normalized spacial score (nSPS) is 20.5. The average molecular weight is 210 g/mol. The summed E-state index contributed by atoms with van der Waals surface area (Å²) in [5, 5.41) is 0. The summed E-state index contributed by atoms with van der Waals surface area (Å²) in [6.07, 6.45) is -0.452. The van der Waals surface area contributed by atoms with Gasteiger partial charge in [0.05, 0.1) is 0 Å². The third kappa shape index (κ3) is 4.68. The molecule has 12 heavy (non-hydrogen) atoms. The fourth-order valence-electron chi connectivity index (χ4n) is 0.469. The molecule has 0 spiro atoms. The molecule has 4 nitrogen and oxygen atoms in total. The second kappa shape index (κ2) is 4.20. The molecule has 0 bridgehead atoms. The highest BCUT2D eigenvalue weighted by Gasteiger charge is 2.20. The summed E-state index contributed by atoms with van der Waals surface area (Å²) in [5.41, 5.74) is 0. The van der Waals surface area contributed by atoms with Gasteiger partial charge in [-0.2, -0.15) is 0 Å². The lowest BCUT2D eigenvalue weighted by Crippen LogP contribution is -1.93. The van der Waals surface area contributed by atoms with E-state index in [0.29, 0.717) is 0 Å². The molecule has 70 valence electrons. The SMILES string of the molecule is C=CP(=O)(O)CCP(=O)(O)C=C. The third-order valence-corrected chi connectivity index (χ3v) is 4.53. The quantitative estimate of drug-likeness (QED) is 0.678. The molecule has 2 unspecified atom stereocenters. The number of hydrogen-bond acceptors (Lipinski definition) is 2. The van der Waals surface area contributed by atoms with Gasteiger partial charge >= 0.3 is 0 Å². The van der Waals surface area contributed by atoms with E-state index in [1.54, 1.807) is 0 Å². The maximum absolute atomic E-state index is 10.9. The Balaban J connectivity index is 4.18. The topological polar surface area (TPSA) is 74.6 Å². The molecule has 0 aliphatic heterocycles. The molecule has 6 heteroatoms. The van der Waals surface area contributed by atoms with Crippen LogP contribution in [0.1, 0.15) is 0 Å². The molecule has 0 amide bonds. The van der Waals surface area contributed by atoms with Crippen molar-refractivity contribution in [3.8, 4) is 0 Å². The maximum Gasteiger partial charge on any atom is 0.222 e. The molecule has 0 rings (SSSR count). The first-order chi connectivity index (χ1) is 5.33. The van der Waals surface area contributed by atoms with Gasteiger partial charge in [-0.25, -0.2) is 0 Å². The van der Waals surface area contributed by atoms with Crippen LogP contribution in [0.5, 0.6) is 0 Å². The van der Waals surface area contributed by atoms with E-state index in [0.717, 1.165) is 11.6 Å². The van der Waals surface area contributed by atoms with Crippen LogP contribution in [-0.4, -0.2) is 22.1 Å². The Bertz CT molecular complexity index is 243. The van der Waals surface area contributed by atoms with Crippen molar-refractivity contribution in [2.45, 2.75) is 0 Å². The molecule has 0 aromatic rings. The molecule has 0 fully saturated rings. The van der Waals surface area contributed by atoms with E-state index >= 15 is 0 Å². The van der Waals surface area contributed by atoms with Crippen molar-refractivity contribution in [1.82, 2.24) is 0 Å². The van der Waals surface area contributed by atoms with Crippen LogP contribution >= 0.6 is 14.7 Å². The van der Waals surface area contributed by atoms with E-state index in [2.05, 4.69) is 13.2 Å². The van der Waals surface area contributed by atoms with Crippen LogP contribution in [0.4, 0.5) is 0 Å². The monoisotopic (exact) mass is 210 g/mol. The zero-order chi connectivity index (χ0) is 9.83. The Morgan fingerprint density at radius 1 is 1.00 bits per heavy atom. The van der Waals surface area contributed by atoms with Crippen molar-refractivity contribution >= 4 is 14.7 Å². The largest absolute Gasteiger partial charge is 0.341 e. The molecule has 0 saturated carbocycles. The number of rotatable bonds is 5. The Labute approximate surface area is 71.5 Å². The number of hydrogen-bond donors (Lipinski definition) is 2. The van der Waals surface area contributed by atoms with Crippen molar-refractivity contribution in [3.63, 3.8) is 0 Å². The highest BCUT2D eigenvalue weighted by atomic mass is 31.2. The van der Waals surface area contributed by atoms with E-state index in [9.17, 15) is 9.13 Å². The van der Waals surface area contributed by atoms with Gasteiger partial charge in [0.1, 0.15) is 0 Å². The fourth-order valence-corrected chi connectivity index (χ4v) is 3.13. The lowest BCUT2D eigenvalue weighted by atomic mass is 11.0. The van der Waals surface area contributed by atoms with Gasteiger partial charge in [0, 0.05) is 12.3 Å². The van der Waals surface area contributed by atoms with Gasteiger partial charge in [-0.3, -0.25) is 9.13 Å². The van der Waals surface area contributed by atoms with Gasteiger partial charge in [-0.15, -0.1) is 0 Å². The third-order valence-electron chi connectivity index (χ3n) is 1.31. The van der Waals surface area contributed by atoms with Gasteiger partial charge in [0.15, 0.2) is 0 Å². The average Bonchev–Trinajstić information content (AvgIpc) is 2.02. The highest BCUT2D eigenvalue weighted by Crippen LogP contribution is 2.49. The van der Waals surface area contributed by atoms with Crippen LogP contribution < -0.4 is 0 Å². The minimum Gasteiger partial charge on any atom is -0.341 e. The minimum absolute atomic E-state index is 0.226. The van der Waals surface area contributed by atoms with Crippen LogP contribution in [0.2, 0.25) is 0 Å². The first-order valence-electron chi connectivity index (χ1n) is 3.23. The van der Waals surface area contributed by atoms with Gasteiger partial charge in [-0.05, 0) is 11.6 Å². The van der Waals surface area contributed by atoms with E-state index in [1.165, 1.54) is 0 Å². The molecule has 0 aromatic carbocycles. The van der Waals surface area contributed by atoms with Gasteiger partial charge in [-0.1, -0.05) is 13.2 Å². The summed E-state index contributed by atoms with van der Waals surface area (Å²) in [6, 6.07) is 0. The van der Waals surface area contributed by atoms with E-state index < -0.39 is 14.7 Å². The zero-order valence-electron chi connectivity index (χ0n) is 6.59. The van der Waals surface area contributed by atoms with Crippen LogP contribution in [0.25, 0.3) is 0 Å². The highest BCUT2D eigenvalue weighted by molar-refractivity contribution is 7.65. The molecule has 0 heterocycles. The van der Waals surface area contributed by atoms with Crippen LogP contribution in [0, 0.1) is 0 Å². The van der Waals surface area contributed by atoms with Crippen molar-refractivity contribution < 1.29 is 18.9 Å². The van der Waals surface area contributed by atoms with Crippen molar-refractivity contribution in [2.75, 3.05) is 12.3 Å². The summed E-state index contributed by atoms with van der Waals surface area (Å²) < 4.78 is 21.8. The summed E-state index contributed by atoms with van der Waals surface area (Å²) >= 11 is 0. The van der Waals surface area contributed by atoms with Gasteiger partial charge in [0.2, 0.25) is 14.7 Å². The van der Waals surface area contributed by atoms with Crippen molar-refractivity contribution in [2.24, 2.45) is 0 Å². The first-order valence-corrected chi connectivity index (χ1v) is 7.06. The molecule has 0 aliphatic carbocycles. The Hall–Kier alpha value is -0.140. The lowest BCUT2D eigenvalue weighted by Gasteiger charge is -2.08. The summed E-state index contributed by atoms with van der Waals surface area (Å²) in [4.78, 5) is 17.9. The predicted molar refractivity (Wildman–Crippen MR) is 49.8 cm³/mol. The van der Waals surface area contributed by atoms with Crippen LogP contribution in [0.3, 0.4) is 0 Å². The fraction of sp³-hybridized carbons (Fsp3) is 0.333. The van der Waals surface area contributed by atoms with Gasteiger partial charge < -0.3 is 9.79 Å². The predicted octanol–water partition coefficient (Wildman–Crippen LogP) is 1.81. The zero-order valence-corrected chi connectivity index (χ0v) is 8.38. The molecular formula is C6H12O4P2. The molecule has 2 atom stereocenters. The van der Waals surface area contributed by atoms with Crippen LogP contribution in [-0.2, 0) is 9.13 Å². The minimum atomic E-state index is -3.40. The molecule has 0 aliphatic rings. The summed E-state index contributed by atoms with van der Waals surface area (Å²) in [5.74, 6) is 1.83. The second-order valence-corrected chi connectivity index (χ2v) is 6.97. The second-order valence-electron chi connectivity index (χ2n) is 2.32. The standard InChI is InChI=1S/C6H12O4P2/c1-3-11(7,8)5-6-12(9,10)4-2/h3-4H,1-2,5-6H2,(H,7,8)(H,9,10). The van der Waals surface area contributed by atoms with Crippen LogP contribution in [0.15, 0.2) is 24.8 Å². The van der Waals surface area contributed by atoms with Crippen molar-refractivity contribution in [3.05, 3.63) is 24.8 Å². The lowest BCUT2D eigenvalue weighted by molar-refractivity contribution is 0.479.